The largest absolute Gasteiger partial charge is 0.460 e. The summed E-state index contributed by atoms with van der Waals surface area (Å²) in [5, 5.41) is 4.14. The topological polar surface area (TPSA) is 25.2 Å². The molecule has 0 bridgehead atoms. The smallest absolute Gasteiger partial charge is 0.135 e. The maximum Gasteiger partial charge on any atom is 0.135 e. The van der Waals surface area contributed by atoms with Crippen LogP contribution in [0.2, 0.25) is 5.02 Å². The maximum atomic E-state index is 6.01. The van der Waals surface area contributed by atoms with Crippen LogP contribution in [0.3, 0.4) is 0 Å². The molecule has 1 heterocycles. The fourth-order valence-electron chi connectivity index (χ4n) is 1.84. The van der Waals surface area contributed by atoms with Crippen molar-refractivity contribution in [3.8, 4) is 11.3 Å². The number of nitrogens with one attached hydrogen (secondary N) is 1. The van der Waals surface area contributed by atoms with Gasteiger partial charge in [-0.15, -0.1) is 0 Å². The predicted octanol–water partition coefficient (Wildman–Crippen LogP) is 4.61. The summed E-state index contributed by atoms with van der Waals surface area (Å²) in [6.07, 6.45) is 2.57. The van der Waals surface area contributed by atoms with Crippen molar-refractivity contribution < 1.29 is 4.42 Å². The minimum absolute atomic E-state index is 0.691. The first-order valence-electron chi connectivity index (χ1n) is 6.00. The highest BCUT2D eigenvalue weighted by atomic mass is 79.9. The Hall–Kier alpha value is -0.770. The molecule has 0 amide bonds. The third-order valence-electron chi connectivity index (χ3n) is 3.00. The van der Waals surface area contributed by atoms with E-state index in [2.05, 4.69) is 21.2 Å². The normalized spacial score (nSPS) is 15.0. The number of rotatable bonds is 4. The van der Waals surface area contributed by atoms with Gasteiger partial charge in [-0.2, -0.15) is 0 Å². The van der Waals surface area contributed by atoms with Crippen LogP contribution in [0.5, 0.6) is 0 Å². The number of benzene rings is 1. The lowest BCUT2D eigenvalue weighted by molar-refractivity contribution is 0.492. The summed E-state index contributed by atoms with van der Waals surface area (Å²) in [6.45, 7) is 0.794. The van der Waals surface area contributed by atoms with Crippen LogP contribution < -0.4 is 5.32 Å². The highest BCUT2D eigenvalue weighted by molar-refractivity contribution is 9.10. The van der Waals surface area contributed by atoms with Crippen molar-refractivity contribution in [3.63, 3.8) is 0 Å². The van der Waals surface area contributed by atoms with Crippen LogP contribution in [0.4, 0.5) is 0 Å². The van der Waals surface area contributed by atoms with E-state index >= 15 is 0 Å². The van der Waals surface area contributed by atoms with E-state index in [4.69, 9.17) is 16.0 Å². The summed E-state index contributed by atoms with van der Waals surface area (Å²) in [4.78, 5) is 0. The molecule has 2 nitrogen and oxygen atoms in total. The van der Waals surface area contributed by atoms with Crippen molar-refractivity contribution in [1.82, 2.24) is 5.32 Å². The lowest BCUT2D eigenvalue weighted by Crippen LogP contribution is -2.14. The predicted molar refractivity (Wildman–Crippen MR) is 76.7 cm³/mol. The van der Waals surface area contributed by atoms with Crippen molar-refractivity contribution in [2.24, 2.45) is 0 Å². The van der Waals surface area contributed by atoms with Gasteiger partial charge in [0.05, 0.1) is 6.54 Å². The van der Waals surface area contributed by atoms with Crippen molar-refractivity contribution >= 4 is 27.5 Å². The average molecular weight is 327 g/mol. The number of furan rings is 1. The summed E-state index contributed by atoms with van der Waals surface area (Å²) >= 11 is 9.52. The van der Waals surface area contributed by atoms with E-state index in [0.29, 0.717) is 11.1 Å². The first-order chi connectivity index (χ1) is 8.72. The Morgan fingerprint density at radius 2 is 2.11 bits per heavy atom. The summed E-state index contributed by atoms with van der Waals surface area (Å²) in [6, 6.07) is 10.4. The Bertz CT molecular complexity index is 563. The van der Waals surface area contributed by atoms with Crippen LogP contribution in [0.15, 0.2) is 39.2 Å². The lowest BCUT2D eigenvalue weighted by Gasteiger charge is -2.02. The zero-order valence-electron chi connectivity index (χ0n) is 9.75. The van der Waals surface area contributed by atoms with Crippen LogP contribution in [0.1, 0.15) is 18.6 Å². The van der Waals surface area contributed by atoms with Gasteiger partial charge in [-0.25, -0.2) is 0 Å². The number of hydrogen-bond donors (Lipinski definition) is 1. The van der Waals surface area contributed by atoms with Crippen LogP contribution >= 0.6 is 27.5 Å². The fourth-order valence-corrected chi connectivity index (χ4v) is 2.45. The van der Waals surface area contributed by atoms with Gasteiger partial charge in [0.1, 0.15) is 11.5 Å². The molecule has 3 rings (SSSR count). The van der Waals surface area contributed by atoms with Gasteiger partial charge in [-0.05, 0) is 43.2 Å². The second kappa shape index (κ2) is 5.08. The summed E-state index contributed by atoms with van der Waals surface area (Å²) in [5.74, 6) is 1.81. The van der Waals surface area contributed by atoms with E-state index in [9.17, 15) is 0 Å². The van der Waals surface area contributed by atoms with Gasteiger partial charge in [0.25, 0.3) is 0 Å². The zero-order chi connectivity index (χ0) is 12.5. The zero-order valence-corrected chi connectivity index (χ0v) is 12.1. The molecule has 1 aliphatic carbocycles. The molecule has 0 unspecified atom stereocenters. The Kier molecular flexibility index (Phi) is 3.46. The summed E-state index contributed by atoms with van der Waals surface area (Å²) in [5.41, 5.74) is 0.986. The second-order valence-corrected chi connectivity index (χ2v) is 5.84. The van der Waals surface area contributed by atoms with Crippen LogP contribution in [-0.4, -0.2) is 6.04 Å². The van der Waals surface area contributed by atoms with Crippen molar-refractivity contribution in [1.29, 1.82) is 0 Å². The molecular weight excluding hydrogens is 314 g/mol. The molecule has 0 saturated heterocycles. The molecule has 1 fully saturated rings. The molecule has 1 saturated carbocycles. The molecule has 1 aliphatic rings. The van der Waals surface area contributed by atoms with Crippen LogP contribution in [0, 0.1) is 0 Å². The molecule has 1 aromatic carbocycles. The van der Waals surface area contributed by atoms with E-state index in [1.165, 1.54) is 12.8 Å². The third kappa shape index (κ3) is 2.79. The van der Waals surface area contributed by atoms with E-state index in [0.717, 1.165) is 28.1 Å². The van der Waals surface area contributed by atoms with Gasteiger partial charge in [0.15, 0.2) is 0 Å². The summed E-state index contributed by atoms with van der Waals surface area (Å²) < 4.78 is 6.82. The van der Waals surface area contributed by atoms with E-state index in [-0.39, 0.29) is 0 Å². The lowest BCUT2D eigenvalue weighted by atomic mass is 10.2. The van der Waals surface area contributed by atoms with E-state index in [1.807, 2.05) is 30.3 Å². The van der Waals surface area contributed by atoms with Gasteiger partial charge < -0.3 is 9.73 Å². The highest BCUT2D eigenvalue weighted by Gasteiger charge is 2.20. The molecule has 1 N–H and O–H groups in total. The van der Waals surface area contributed by atoms with Gasteiger partial charge in [0.2, 0.25) is 0 Å². The Labute approximate surface area is 119 Å². The molecule has 2 aromatic rings. The molecule has 18 heavy (non-hydrogen) atoms. The molecule has 0 atom stereocenters. The monoisotopic (exact) mass is 325 g/mol. The van der Waals surface area contributed by atoms with Crippen molar-refractivity contribution in [2.45, 2.75) is 25.4 Å². The molecule has 0 aliphatic heterocycles. The van der Waals surface area contributed by atoms with Crippen LogP contribution in [0.25, 0.3) is 11.3 Å². The standard InChI is InChI=1S/C14H13BrClNO/c15-13-5-1-9(16)7-12(13)14-6-4-11(18-14)8-17-10-2-3-10/h1,4-7,10,17H,2-3,8H2. The molecule has 94 valence electrons. The summed E-state index contributed by atoms with van der Waals surface area (Å²) in [7, 11) is 0. The van der Waals surface area contributed by atoms with Gasteiger partial charge in [0, 0.05) is 21.1 Å². The molecule has 0 spiro atoms. The van der Waals surface area contributed by atoms with Gasteiger partial charge >= 0.3 is 0 Å². The Morgan fingerprint density at radius 3 is 2.89 bits per heavy atom. The first-order valence-corrected chi connectivity index (χ1v) is 7.17. The SMILES string of the molecule is Clc1ccc(Br)c(-c2ccc(CNC3CC3)o2)c1. The van der Waals surface area contributed by atoms with Crippen molar-refractivity contribution in [2.75, 3.05) is 0 Å². The quantitative estimate of drug-likeness (QED) is 0.887. The van der Waals surface area contributed by atoms with E-state index in [1.54, 1.807) is 0 Å². The Morgan fingerprint density at radius 1 is 1.28 bits per heavy atom. The minimum atomic E-state index is 0.691. The molecule has 1 aromatic heterocycles. The van der Waals surface area contributed by atoms with Gasteiger partial charge in [-0.1, -0.05) is 27.5 Å². The Balaban J connectivity index is 1.80. The van der Waals surface area contributed by atoms with Gasteiger partial charge in [-0.3, -0.25) is 0 Å². The second-order valence-electron chi connectivity index (χ2n) is 4.55. The fraction of sp³-hybridized carbons (Fsp3) is 0.286. The van der Waals surface area contributed by atoms with Crippen molar-refractivity contribution in [3.05, 3.63) is 45.6 Å². The first kappa shape index (κ1) is 12.3. The molecule has 0 radical (unpaired) electrons. The maximum absolute atomic E-state index is 6.01. The molecule has 4 heteroatoms. The van der Waals surface area contributed by atoms with E-state index < -0.39 is 0 Å². The number of hydrogen-bond acceptors (Lipinski definition) is 2. The third-order valence-corrected chi connectivity index (χ3v) is 3.92. The minimum Gasteiger partial charge on any atom is -0.460 e. The highest BCUT2D eigenvalue weighted by Crippen LogP contribution is 2.32. The average Bonchev–Trinajstić information content (AvgIpc) is 3.08. The number of halogens is 2. The molecular formula is C14H13BrClNO. The van der Waals surface area contributed by atoms with Crippen LogP contribution in [-0.2, 0) is 6.54 Å².